The molecule has 1 fully saturated rings. The van der Waals surface area contributed by atoms with E-state index in [1.54, 1.807) is 0 Å². The molecule has 1 heterocycles. The van der Waals surface area contributed by atoms with Crippen molar-refractivity contribution in [1.29, 1.82) is 0 Å². The van der Waals surface area contributed by atoms with Crippen LogP contribution in [0.5, 0.6) is 0 Å². The Morgan fingerprint density at radius 1 is 1.17 bits per heavy atom. The molecule has 2 rings (SSSR count). The van der Waals surface area contributed by atoms with Crippen LogP contribution in [0.25, 0.3) is 0 Å². The highest BCUT2D eigenvalue weighted by Crippen LogP contribution is 2.30. The molecule has 18 heavy (non-hydrogen) atoms. The highest BCUT2D eigenvalue weighted by atomic mass is 35.5. The number of aromatic nitrogens is 2. The predicted octanol–water partition coefficient (Wildman–Crippen LogP) is 3.89. The van der Waals surface area contributed by atoms with Gasteiger partial charge in [-0.3, -0.25) is 0 Å². The highest BCUT2D eigenvalue weighted by molar-refractivity contribution is 6.28. The van der Waals surface area contributed by atoms with E-state index in [0.29, 0.717) is 0 Å². The molecule has 0 amide bonds. The van der Waals surface area contributed by atoms with Crippen LogP contribution in [0.3, 0.4) is 0 Å². The van der Waals surface area contributed by atoms with Crippen molar-refractivity contribution in [3.63, 3.8) is 0 Å². The summed E-state index contributed by atoms with van der Waals surface area (Å²) < 4.78 is 37.6. The third kappa shape index (κ3) is 3.48. The fourth-order valence-electron chi connectivity index (χ4n) is 2.09. The van der Waals surface area contributed by atoms with Gasteiger partial charge in [0.05, 0.1) is 0 Å². The predicted molar refractivity (Wildman–Crippen MR) is 62.5 cm³/mol. The van der Waals surface area contributed by atoms with Gasteiger partial charge in [0, 0.05) is 12.1 Å². The molecule has 3 nitrogen and oxygen atoms in total. The number of alkyl halides is 3. The van der Waals surface area contributed by atoms with Gasteiger partial charge >= 0.3 is 6.18 Å². The Morgan fingerprint density at radius 3 is 2.44 bits per heavy atom. The SMILES string of the molecule is FC(F)(F)c1cc(NC2CCCCC2)nc(Cl)n1. The molecule has 100 valence electrons. The molecule has 1 N–H and O–H groups in total. The zero-order valence-corrected chi connectivity index (χ0v) is 10.4. The van der Waals surface area contributed by atoms with E-state index in [0.717, 1.165) is 31.7 Å². The zero-order valence-electron chi connectivity index (χ0n) is 9.60. The van der Waals surface area contributed by atoms with E-state index >= 15 is 0 Å². The van der Waals surface area contributed by atoms with Crippen molar-refractivity contribution in [2.45, 2.75) is 44.3 Å². The van der Waals surface area contributed by atoms with Crippen LogP contribution in [-0.4, -0.2) is 16.0 Å². The topological polar surface area (TPSA) is 37.8 Å². The second-order valence-electron chi connectivity index (χ2n) is 4.38. The van der Waals surface area contributed by atoms with E-state index in [-0.39, 0.29) is 17.1 Å². The lowest BCUT2D eigenvalue weighted by atomic mass is 9.95. The zero-order chi connectivity index (χ0) is 13.2. The first-order valence-electron chi connectivity index (χ1n) is 5.83. The molecular weight excluding hydrogens is 267 g/mol. The van der Waals surface area contributed by atoms with Gasteiger partial charge in [-0.15, -0.1) is 0 Å². The van der Waals surface area contributed by atoms with E-state index in [9.17, 15) is 13.2 Å². The van der Waals surface area contributed by atoms with Crippen molar-refractivity contribution in [1.82, 2.24) is 9.97 Å². The third-order valence-corrected chi connectivity index (χ3v) is 3.12. The van der Waals surface area contributed by atoms with Crippen molar-refractivity contribution < 1.29 is 13.2 Å². The lowest BCUT2D eigenvalue weighted by Crippen LogP contribution is -2.23. The summed E-state index contributed by atoms with van der Waals surface area (Å²) in [6.45, 7) is 0. The molecule has 0 spiro atoms. The number of hydrogen-bond donors (Lipinski definition) is 1. The van der Waals surface area contributed by atoms with E-state index in [2.05, 4.69) is 15.3 Å². The van der Waals surface area contributed by atoms with Gasteiger partial charge in [0.2, 0.25) is 5.28 Å². The number of halogens is 4. The Kier molecular flexibility index (Phi) is 3.94. The van der Waals surface area contributed by atoms with E-state index in [4.69, 9.17) is 11.6 Å². The van der Waals surface area contributed by atoms with Crippen LogP contribution in [0.15, 0.2) is 6.07 Å². The summed E-state index contributed by atoms with van der Waals surface area (Å²) in [5.41, 5.74) is -1.01. The van der Waals surface area contributed by atoms with Gasteiger partial charge in [0.25, 0.3) is 0 Å². The number of rotatable bonds is 2. The molecule has 0 aliphatic heterocycles. The Morgan fingerprint density at radius 2 is 1.83 bits per heavy atom. The average molecular weight is 280 g/mol. The van der Waals surface area contributed by atoms with Gasteiger partial charge in [0.15, 0.2) is 5.69 Å². The number of anilines is 1. The molecule has 0 saturated heterocycles. The van der Waals surface area contributed by atoms with Gasteiger partial charge in [-0.1, -0.05) is 19.3 Å². The van der Waals surface area contributed by atoms with E-state index in [1.807, 2.05) is 0 Å². The quantitative estimate of drug-likeness (QED) is 0.835. The summed E-state index contributed by atoms with van der Waals surface area (Å²) >= 11 is 5.51. The summed E-state index contributed by atoms with van der Waals surface area (Å²) in [5, 5.41) is 2.61. The van der Waals surface area contributed by atoms with Crippen LogP contribution in [0, 0.1) is 0 Å². The monoisotopic (exact) mass is 279 g/mol. The molecule has 7 heteroatoms. The molecule has 0 unspecified atom stereocenters. The van der Waals surface area contributed by atoms with Crippen LogP contribution in [0.4, 0.5) is 19.0 Å². The maximum Gasteiger partial charge on any atom is 0.433 e. The van der Waals surface area contributed by atoms with Gasteiger partial charge in [-0.25, -0.2) is 9.97 Å². The first-order chi connectivity index (χ1) is 8.45. The molecule has 0 atom stereocenters. The lowest BCUT2D eigenvalue weighted by molar-refractivity contribution is -0.141. The maximum absolute atomic E-state index is 12.5. The van der Waals surface area contributed by atoms with Crippen LogP contribution < -0.4 is 5.32 Å². The summed E-state index contributed by atoms with van der Waals surface area (Å²) in [6.07, 6.45) is 0.739. The van der Waals surface area contributed by atoms with Crippen LogP contribution in [-0.2, 0) is 6.18 Å². The van der Waals surface area contributed by atoms with Gasteiger partial charge in [-0.2, -0.15) is 13.2 Å². The summed E-state index contributed by atoms with van der Waals surface area (Å²) in [5.74, 6) is 0.147. The molecule has 1 aliphatic rings. The Hall–Kier alpha value is -1.04. The minimum absolute atomic E-state index is 0.147. The maximum atomic E-state index is 12.5. The second kappa shape index (κ2) is 5.30. The molecule has 1 saturated carbocycles. The minimum atomic E-state index is -4.50. The first-order valence-corrected chi connectivity index (χ1v) is 6.21. The highest BCUT2D eigenvalue weighted by Gasteiger charge is 2.33. The van der Waals surface area contributed by atoms with E-state index < -0.39 is 11.9 Å². The molecule has 1 aliphatic carbocycles. The smallest absolute Gasteiger partial charge is 0.367 e. The van der Waals surface area contributed by atoms with Crippen molar-refractivity contribution >= 4 is 17.4 Å². The van der Waals surface area contributed by atoms with Crippen molar-refractivity contribution in [3.8, 4) is 0 Å². The van der Waals surface area contributed by atoms with Crippen molar-refractivity contribution in [2.75, 3.05) is 5.32 Å². The van der Waals surface area contributed by atoms with Gasteiger partial charge < -0.3 is 5.32 Å². The molecular formula is C11H13ClF3N3. The fraction of sp³-hybridized carbons (Fsp3) is 0.636. The van der Waals surface area contributed by atoms with Crippen LogP contribution in [0.1, 0.15) is 37.8 Å². The minimum Gasteiger partial charge on any atom is -0.367 e. The number of nitrogens with zero attached hydrogens (tertiary/aromatic N) is 2. The Balaban J connectivity index is 2.14. The van der Waals surface area contributed by atoms with Gasteiger partial charge in [-0.05, 0) is 24.4 Å². The largest absolute Gasteiger partial charge is 0.433 e. The fourth-order valence-corrected chi connectivity index (χ4v) is 2.28. The molecule has 1 aromatic heterocycles. The Bertz CT molecular complexity index is 416. The summed E-state index contributed by atoms with van der Waals surface area (Å²) in [6, 6.07) is 1.08. The molecule has 0 bridgehead atoms. The molecule has 1 aromatic rings. The number of hydrogen-bond acceptors (Lipinski definition) is 3. The van der Waals surface area contributed by atoms with Crippen molar-refractivity contribution in [3.05, 3.63) is 17.0 Å². The van der Waals surface area contributed by atoms with E-state index in [1.165, 1.54) is 6.42 Å². The van der Waals surface area contributed by atoms with Crippen LogP contribution in [0.2, 0.25) is 5.28 Å². The third-order valence-electron chi connectivity index (χ3n) is 2.95. The second-order valence-corrected chi connectivity index (χ2v) is 4.72. The lowest BCUT2D eigenvalue weighted by Gasteiger charge is -2.23. The Labute approximate surface area is 108 Å². The molecule has 0 radical (unpaired) electrons. The summed E-state index contributed by atoms with van der Waals surface area (Å²) in [4.78, 5) is 6.97. The number of nitrogens with one attached hydrogen (secondary N) is 1. The average Bonchev–Trinajstić information content (AvgIpc) is 2.28. The normalized spacial score (nSPS) is 17.8. The van der Waals surface area contributed by atoms with Gasteiger partial charge in [0.1, 0.15) is 5.82 Å². The van der Waals surface area contributed by atoms with Crippen LogP contribution >= 0.6 is 11.6 Å². The summed E-state index contributed by atoms with van der Waals surface area (Å²) in [7, 11) is 0. The standard InChI is InChI=1S/C11H13ClF3N3/c12-10-17-8(11(13,14)15)6-9(18-10)16-7-4-2-1-3-5-7/h6-7H,1-5H2,(H,16,17,18). The van der Waals surface area contributed by atoms with Crippen molar-refractivity contribution in [2.24, 2.45) is 0 Å². The first kappa shape index (κ1) is 13.4. The molecule has 0 aromatic carbocycles.